The maximum absolute atomic E-state index is 6.05. The van der Waals surface area contributed by atoms with Crippen molar-refractivity contribution in [3.63, 3.8) is 0 Å². The molecule has 0 aromatic rings. The Morgan fingerprint density at radius 1 is 1.36 bits per heavy atom. The minimum atomic E-state index is 0.118. The van der Waals surface area contributed by atoms with Gasteiger partial charge in [0.1, 0.15) is 0 Å². The molecule has 0 bridgehead atoms. The second-order valence-corrected chi connectivity index (χ2v) is 4.74. The van der Waals surface area contributed by atoms with Gasteiger partial charge in [0.2, 0.25) is 0 Å². The predicted octanol–water partition coefficient (Wildman–Crippen LogP) is 1.21. The Hall–Kier alpha value is -0.0800. The van der Waals surface area contributed by atoms with Crippen molar-refractivity contribution in [2.75, 3.05) is 13.1 Å². The molecule has 2 nitrogen and oxygen atoms in total. The first kappa shape index (κ1) is 9.01. The van der Waals surface area contributed by atoms with Gasteiger partial charge >= 0.3 is 0 Å². The van der Waals surface area contributed by atoms with E-state index in [-0.39, 0.29) is 5.54 Å². The van der Waals surface area contributed by atoms with Crippen LogP contribution in [0.25, 0.3) is 0 Å². The van der Waals surface area contributed by atoms with Crippen molar-refractivity contribution in [3.05, 3.63) is 0 Å². The maximum Gasteiger partial charge on any atom is 0.0410 e. The molecule has 1 rings (SSSR count). The van der Waals surface area contributed by atoms with Crippen molar-refractivity contribution >= 4 is 0 Å². The van der Waals surface area contributed by atoms with Crippen LogP contribution in [0.2, 0.25) is 0 Å². The van der Waals surface area contributed by atoms with E-state index in [0.29, 0.717) is 5.54 Å². The summed E-state index contributed by atoms with van der Waals surface area (Å²) in [4.78, 5) is 2.43. The molecule has 1 fully saturated rings. The van der Waals surface area contributed by atoms with E-state index in [2.05, 4.69) is 32.6 Å². The minimum Gasteiger partial charge on any atom is -0.323 e. The van der Waals surface area contributed by atoms with Crippen molar-refractivity contribution in [1.82, 2.24) is 4.90 Å². The summed E-state index contributed by atoms with van der Waals surface area (Å²) in [6.45, 7) is 11.0. The third kappa shape index (κ3) is 1.74. The first-order valence-corrected chi connectivity index (χ1v) is 4.41. The topological polar surface area (TPSA) is 29.3 Å². The average Bonchev–Trinajstić information content (AvgIpc) is 1.78. The van der Waals surface area contributed by atoms with Crippen LogP contribution >= 0.6 is 0 Å². The summed E-state index contributed by atoms with van der Waals surface area (Å²) in [6, 6.07) is 0. The smallest absolute Gasteiger partial charge is 0.0410 e. The summed E-state index contributed by atoms with van der Waals surface area (Å²) in [6.07, 6.45) is 1.10. The Morgan fingerprint density at radius 3 is 2.09 bits per heavy atom. The van der Waals surface area contributed by atoms with Gasteiger partial charge in [0, 0.05) is 24.2 Å². The van der Waals surface area contributed by atoms with Crippen molar-refractivity contribution in [2.45, 2.75) is 45.2 Å². The van der Waals surface area contributed by atoms with Gasteiger partial charge in [-0.1, -0.05) is 6.92 Å². The van der Waals surface area contributed by atoms with Crippen molar-refractivity contribution in [3.8, 4) is 0 Å². The van der Waals surface area contributed by atoms with Gasteiger partial charge in [-0.05, 0) is 27.2 Å². The van der Waals surface area contributed by atoms with E-state index >= 15 is 0 Å². The average molecular weight is 156 g/mol. The highest BCUT2D eigenvalue weighted by Gasteiger charge is 2.42. The summed E-state index contributed by atoms with van der Waals surface area (Å²) in [5.74, 6) is 0. The van der Waals surface area contributed by atoms with Crippen LogP contribution in [0.3, 0.4) is 0 Å². The zero-order chi connectivity index (χ0) is 8.70. The highest BCUT2D eigenvalue weighted by atomic mass is 15.3. The molecule has 66 valence electrons. The van der Waals surface area contributed by atoms with E-state index in [1.54, 1.807) is 0 Å². The van der Waals surface area contributed by atoms with Crippen molar-refractivity contribution in [2.24, 2.45) is 5.73 Å². The predicted molar refractivity (Wildman–Crippen MR) is 48.5 cm³/mol. The van der Waals surface area contributed by atoms with Gasteiger partial charge in [-0.2, -0.15) is 0 Å². The molecule has 0 saturated carbocycles. The molecule has 0 aliphatic carbocycles. The largest absolute Gasteiger partial charge is 0.323 e. The molecule has 1 saturated heterocycles. The normalized spacial score (nSPS) is 24.8. The minimum absolute atomic E-state index is 0.118. The summed E-state index contributed by atoms with van der Waals surface area (Å²) in [7, 11) is 0. The third-order valence-corrected chi connectivity index (χ3v) is 2.66. The van der Waals surface area contributed by atoms with E-state index in [0.717, 1.165) is 19.5 Å². The summed E-state index contributed by atoms with van der Waals surface area (Å²) >= 11 is 0. The van der Waals surface area contributed by atoms with Gasteiger partial charge in [0.05, 0.1) is 0 Å². The molecular formula is C9H20N2. The van der Waals surface area contributed by atoms with Crippen molar-refractivity contribution in [1.29, 1.82) is 0 Å². The third-order valence-electron chi connectivity index (χ3n) is 2.66. The van der Waals surface area contributed by atoms with E-state index in [1.807, 2.05) is 0 Å². The van der Waals surface area contributed by atoms with E-state index in [4.69, 9.17) is 5.73 Å². The maximum atomic E-state index is 6.05. The van der Waals surface area contributed by atoms with Crippen LogP contribution in [0.1, 0.15) is 34.1 Å². The van der Waals surface area contributed by atoms with Crippen LogP contribution in [-0.4, -0.2) is 29.1 Å². The van der Waals surface area contributed by atoms with Crippen molar-refractivity contribution < 1.29 is 0 Å². The Kier molecular flexibility index (Phi) is 2.01. The molecule has 0 atom stereocenters. The van der Waals surface area contributed by atoms with E-state index in [1.165, 1.54) is 0 Å². The molecule has 0 aromatic carbocycles. The fourth-order valence-corrected chi connectivity index (χ4v) is 1.41. The quantitative estimate of drug-likeness (QED) is 0.618. The monoisotopic (exact) mass is 156 g/mol. The molecule has 1 heterocycles. The Bertz CT molecular complexity index is 140. The molecular weight excluding hydrogens is 136 g/mol. The lowest BCUT2D eigenvalue weighted by molar-refractivity contribution is -0.00713. The van der Waals surface area contributed by atoms with Gasteiger partial charge < -0.3 is 5.73 Å². The Labute approximate surface area is 69.8 Å². The second kappa shape index (κ2) is 2.46. The zero-order valence-electron chi connectivity index (χ0n) is 8.15. The molecule has 1 aliphatic rings. The molecule has 0 spiro atoms. The van der Waals surface area contributed by atoms with Crippen LogP contribution < -0.4 is 5.73 Å². The summed E-state index contributed by atoms with van der Waals surface area (Å²) < 4.78 is 0. The number of hydrogen-bond donors (Lipinski definition) is 1. The van der Waals surface area contributed by atoms with Gasteiger partial charge in [-0.15, -0.1) is 0 Å². The standard InChI is InChI=1S/C9H20N2/c1-5-9(10)6-11(7-9)8(2,3)4/h5-7,10H2,1-4H3. The molecule has 0 amide bonds. The lowest BCUT2D eigenvalue weighted by Gasteiger charge is -2.53. The van der Waals surface area contributed by atoms with Gasteiger partial charge in [0.25, 0.3) is 0 Å². The Morgan fingerprint density at radius 2 is 1.82 bits per heavy atom. The van der Waals surface area contributed by atoms with Crippen LogP contribution in [0.15, 0.2) is 0 Å². The van der Waals surface area contributed by atoms with Crippen LogP contribution in [-0.2, 0) is 0 Å². The Balaban J connectivity index is 2.40. The van der Waals surface area contributed by atoms with Gasteiger partial charge in [-0.3, -0.25) is 4.90 Å². The van der Waals surface area contributed by atoms with Gasteiger partial charge in [-0.25, -0.2) is 0 Å². The molecule has 0 aromatic heterocycles. The lowest BCUT2D eigenvalue weighted by atomic mass is 9.84. The lowest BCUT2D eigenvalue weighted by Crippen LogP contribution is -2.71. The van der Waals surface area contributed by atoms with E-state index in [9.17, 15) is 0 Å². The number of rotatable bonds is 1. The fourth-order valence-electron chi connectivity index (χ4n) is 1.41. The molecule has 0 unspecified atom stereocenters. The molecule has 2 N–H and O–H groups in total. The number of likely N-dealkylation sites (tertiary alicyclic amines) is 1. The highest BCUT2D eigenvalue weighted by Crippen LogP contribution is 2.28. The van der Waals surface area contributed by atoms with Crippen LogP contribution in [0, 0.1) is 0 Å². The first-order valence-electron chi connectivity index (χ1n) is 4.41. The molecule has 2 heteroatoms. The number of hydrogen-bond acceptors (Lipinski definition) is 2. The highest BCUT2D eigenvalue weighted by molar-refractivity contribution is 5.02. The van der Waals surface area contributed by atoms with Gasteiger partial charge in [0.15, 0.2) is 0 Å². The molecule has 11 heavy (non-hydrogen) atoms. The zero-order valence-corrected chi connectivity index (χ0v) is 8.15. The van der Waals surface area contributed by atoms with E-state index < -0.39 is 0 Å². The SMILES string of the molecule is CCC1(N)CN(C(C)(C)C)C1. The molecule has 0 radical (unpaired) electrons. The van der Waals surface area contributed by atoms with Crippen LogP contribution in [0.4, 0.5) is 0 Å². The summed E-state index contributed by atoms with van der Waals surface area (Å²) in [5, 5.41) is 0. The summed E-state index contributed by atoms with van der Waals surface area (Å²) in [5.41, 5.74) is 6.47. The fraction of sp³-hybridized carbons (Fsp3) is 1.00. The first-order chi connectivity index (χ1) is 4.87. The second-order valence-electron chi connectivity index (χ2n) is 4.74. The number of nitrogens with zero attached hydrogens (tertiary/aromatic N) is 1. The number of nitrogens with two attached hydrogens (primary N) is 1. The molecule has 1 aliphatic heterocycles. The van der Waals surface area contributed by atoms with Crippen LogP contribution in [0.5, 0.6) is 0 Å².